The zero-order valence-electron chi connectivity index (χ0n) is 15.6. The molecule has 26 heavy (non-hydrogen) atoms. The standard InChI is InChI=1S/C21H28N2O3/c1-23(2)19(24)12-26-18-5-3-4-15(11-18)21(25)22-20-16-7-13-6-14(9-16)10-17(20)8-13/h3-5,11,13-14,16-17,20H,6-10,12H2,1-2H3,(H,22,25). The second-order valence-corrected chi connectivity index (χ2v) is 8.53. The summed E-state index contributed by atoms with van der Waals surface area (Å²) < 4.78 is 5.53. The van der Waals surface area contributed by atoms with Gasteiger partial charge in [-0.3, -0.25) is 9.59 Å². The van der Waals surface area contributed by atoms with E-state index in [-0.39, 0.29) is 18.4 Å². The zero-order chi connectivity index (χ0) is 18.3. The van der Waals surface area contributed by atoms with Crippen LogP contribution in [0, 0.1) is 23.7 Å². The van der Waals surface area contributed by atoms with Gasteiger partial charge in [-0.1, -0.05) is 6.07 Å². The van der Waals surface area contributed by atoms with Crippen molar-refractivity contribution < 1.29 is 14.3 Å². The molecule has 1 N–H and O–H groups in total. The van der Waals surface area contributed by atoms with E-state index in [1.54, 1.807) is 32.3 Å². The van der Waals surface area contributed by atoms with E-state index in [4.69, 9.17) is 4.74 Å². The molecule has 0 saturated heterocycles. The highest BCUT2D eigenvalue weighted by Crippen LogP contribution is 2.53. The number of rotatable bonds is 5. The van der Waals surface area contributed by atoms with Crippen LogP contribution in [0.4, 0.5) is 0 Å². The van der Waals surface area contributed by atoms with Crippen LogP contribution in [0.1, 0.15) is 42.5 Å². The van der Waals surface area contributed by atoms with Gasteiger partial charge in [0.1, 0.15) is 5.75 Å². The Morgan fingerprint density at radius 3 is 2.35 bits per heavy atom. The van der Waals surface area contributed by atoms with Crippen molar-refractivity contribution in [3.63, 3.8) is 0 Å². The summed E-state index contributed by atoms with van der Waals surface area (Å²) >= 11 is 0. The molecule has 5 nitrogen and oxygen atoms in total. The fourth-order valence-corrected chi connectivity index (χ4v) is 5.40. The van der Waals surface area contributed by atoms with Gasteiger partial charge in [0.15, 0.2) is 6.61 Å². The van der Waals surface area contributed by atoms with E-state index >= 15 is 0 Å². The third-order valence-electron chi connectivity index (χ3n) is 6.48. The number of hydrogen-bond donors (Lipinski definition) is 1. The third kappa shape index (κ3) is 3.44. The smallest absolute Gasteiger partial charge is 0.259 e. The van der Waals surface area contributed by atoms with Crippen LogP contribution in [0.15, 0.2) is 24.3 Å². The van der Waals surface area contributed by atoms with Gasteiger partial charge in [0.05, 0.1) is 0 Å². The minimum absolute atomic E-state index is 0.0202. The number of amides is 2. The summed E-state index contributed by atoms with van der Waals surface area (Å²) in [5.41, 5.74) is 0.605. The zero-order valence-corrected chi connectivity index (χ0v) is 15.6. The SMILES string of the molecule is CN(C)C(=O)COc1cccc(C(=O)NC2C3CC4CC(C3)CC2C4)c1. The van der Waals surface area contributed by atoms with Crippen molar-refractivity contribution in [2.45, 2.75) is 38.1 Å². The van der Waals surface area contributed by atoms with E-state index < -0.39 is 0 Å². The topological polar surface area (TPSA) is 58.6 Å². The van der Waals surface area contributed by atoms with Crippen LogP contribution >= 0.6 is 0 Å². The monoisotopic (exact) mass is 356 g/mol. The van der Waals surface area contributed by atoms with Gasteiger partial charge in [0.2, 0.25) is 0 Å². The molecule has 4 aliphatic carbocycles. The van der Waals surface area contributed by atoms with E-state index in [2.05, 4.69) is 5.32 Å². The van der Waals surface area contributed by atoms with Crippen molar-refractivity contribution >= 4 is 11.8 Å². The highest BCUT2D eigenvalue weighted by molar-refractivity contribution is 5.94. The average molecular weight is 356 g/mol. The number of carbonyl (C=O) groups excluding carboxylic acids is 2. The fraction of sp³-hybridized carbons (Fsp3) is 0.619. The van der Waals surface area contributed by atoms with E-state index in [0.29, 0.717) is 29.2 Å². The molecule has 5 rings (SSSR count). The van der Waals surface area contributed by atoms with Gasteiger partial charge in [0, 0.05) is 25.7 Å². The van der Waals surface area contributed by atoms with Crippen molar-refractivity contribution in [2.24, 2.45) is 23.7 Å². The van der Waals surface area contributed by atoms with Gasteiger partial charge in [-0.15, -0.1) is 0 Å². The summed E-state index contributed by atoms with van der Waals surface area (Å²) in [6, 6.07) is 7.46. The highest BCUT2D eigenvalue weighted by atomic mass is 16.5. The molecule has 4 fully saturated rings. The quantitative estimate of drug-likeness (QED) is 0.882. The normalized spacial score (nSPS) is 31.5. The lowest BCUT2D eigenvalue weighted by atomic mass is 9.54. The molecule has 4 bridgehead atoms. The minimum Gasteiger partial charge on any atom is -0.484 e. The van der Waals surface area contributed by atoms with Crippen LogP contribution < -0.4 is 10.1 Å². The Bertz CT molecular complexity index is 672. The molecule has 0 atom stereocenters. The molecule has 5 heteroatoms. The van der Waals surface area contributed by atoms with Crippen molar-refractivity contribution in [1.29, 1.82) is 0 Å². The predicted octanol–water partition coefficient (Wildman–Crippen LogP) is 2.71. The lowest BCUT2D eigenvalue weighted by Crippen LogP contribution is -2.55. The fourth-order valence-electron chi connectivity index (χ4n) is 5.40. The van der Waals surface area contributed by atoms with E-state index in [9.17, 15) is 9.59 Å². The van der Waals surface area contributed by atoms with Crippen LogP contribution in [-0.2, 0) is 4.79 Å². The number of nitrogens with one attached hydrogen (secondary N) is 1. The molecular formula is C21H28N2O3. The molecule has 1 aromatic carbocycles. The number of likely N-dealkylation sites (N-methyl/N-ethyl adjacent to an activating group) is 1. The van der Waals surface area contributed by atoms with Crippen LogP contribution in [-0.4, -0.2) is 43.5 Å². The average Bonchev–Trinajstić information content (AvgIpc) is 2.62. The summed E-state index contributed by atoms with van der Waals surface area (Å²) in [5, 5.41) is 3.32. The van der Waals surface area contributed by atoms with Gasteiger partial charge in [-0.2, -0.15) is 0 Å². The second-order valence-electron chi connectivity index (χ2n) is 8.53. The number of nitrogens with zero attached hydrogens (tertiary/aromatic N) is 1. The van der Waals surface area contributed by atoms with Gasteiger partial charge < -0.3 is 15.0 Å². The Morgan fingerprint density at radius 1 is 1.08 bits per heavy atom. The molecule has 1 aromatic rings. The number of ether oxygens (including phenoxy) is 1. The summed E-state index contributed by atoms with van der Waals surface area (Å²) in [6.07, 6.45) is 6.56. The number of benzene rings is 1. The predicted molar refractivity (Wildman–Crippen MR) is 98.9 cm³/mol. The minimum atomic E-state index is -0.103. The Morgan fingerprint density at radius 2 is 1.73 bits per heavy atom. The molecule has 140 valence electrons. The molecule has 2 amide bonds. The molecular weight excluding hydrogens is 328 g/mol. The van der Waals surface area contributed by atoms with Crippen LogP contribution in [0.2, 0.25) is 0 Å². The Labute approximate surface area is 155 Å². The largest absolute Gasteiger partial charge is 0.484 e. The van der Waals surface area contributed by atoms with Crippen LogP contribution in [0.25, 0.3) is 0 Å². The maximum atomic E-state index is 12.8. The first-order chi connectivity index (χ1) is 12.5. The van der Waals surface area contributed by atoms with Crippen molar-refractivity contribution in [3.05, 3.63) is 29.8 Å². The molecule has 0 aliphatic heterocycles. The molecule has 0 spiro atoms. The maximum Gasteiger partial charge on any atom is 0.259 e. The highest BCUT2D eigenvalue weighted by Gasteiger charge is 2.48. The van der Waals surface area contributed by atoms with E-state index in [0.717, 1.165) is 11.8 Å². The maximum absolute atomic E-state index is 12.8. The number of carbonyl (C=O) groups is 2. The van der Waals surface area contributed by atoms with Gasteiger partial charge >= 0.3 is 0 Å². The molecule has 0 aromatic heterocycles. The Kier molecular flexibility index (Phi) is 4.63. The molecule has 4 saturated carbocycles. The first-order valence-electron chi connectivity index (χ1n) is 9.73. The summed E-state index contributed by atoms with van der Waals surface area (Å²) in [4.78, 5) is 25.9. The molecule has 0 radical (unpaired) electrons. The van der Waals surface area contributed by atoms with E-state index in [1.165, 1.54) is 37.0 Å². The molecule has 0 unspecified atom stereocenters. The first-order valence-corrected chi connectivity index (χ1v) is 9.73. The van der Waals surface area contributed by atoms with Crippen LogP contribution in [0.5, 0.6) is 5.75 Å². The lowest BCUT2D eigenvalue weighted by molar-refractivity contribution is -0.130. The molecule has 4 aliphatic rings. The Hall–Kier alpha value is -2.04. The summed E-state index contributed by atoms with van der Waals surface area (Å²) in [6.45, 7) is -0.0202. The Balaban J connectivity index is 1.39. The summed E-state index contributed by atoms with van der Waals surface area (Å²) in [7, 11) is 3.39. The van der Waals surface area contributed by atoms with Crippen LogP contribution in [0.3, 0.4) is 0 Å². The van der Waals surface area contributed by atoms with Crippen molar-refractivity contribution in [1.82, 2.24) is 10.2 Å². The van der Waals surface area contributed by atoms with Gasteiger partial charge in [-0.25, -0.2) is 0 Å². The molecule has 0 heterocycles. The van der Waals surface area contributed by atoms with Crippen molar-refractivity contribution in [3.8, 4) is 5.75 Å². The third-order valence-corrected chi connectivity index (χ3v) is 6.48. The van der Waals surface area contributed by atoms with Gasteiger partial charge in [0.25, 0.3) is 11.8 Å². The van der Waals surface area contributed by atoms with Crippen molar-refractivity contribution in [2.75, 3.05) is 20.7 Å². The number of hydrogen-bond acceptors (Lipinski definition) is 3. The van der Waals surface area contributed by atoms with E-state index in [1.807, 2.05) is 6.07 Å². The van der Waals surface area contributed by atoms with Gasteiger partial charge in [-0.05, 0) is 74.0 Å². The summed E-state index contributed by atoms with van der Waals surface area (Å²) in [5.74, 6) is 3.55. The first kappa shape index (κ1) is 17.4. The lowest BCUT2D eigenvalue weighted by Gasteiger charge is -2.54. The second kappa shape index (κ2) is 6.93.